The molecule has 2 heterocycles. The third kappa shape index (κ3) is 4.65. The Kier molecular flexibility index (Phi) is 6.10. The van der Waals surface area contributed by atoms with Crippen molar-refractivity contribution in [3.63, 3.8) is 0 Å². The second-order valence-corrected chi connectivity index (χ2v) is 6.81. The molecule has 0 atom stereocenters. The summed E-state index contributed by atoms with van der Waals surface area (Å²) in [5.74, 6) is 0.999. The van der Waals surface area contributed by atoms with Gasteiger partial charge in [0.1, 0.15) is 11.5 Å². The Bertz CT molecular complexity index is 898. The van der Waals surface area contributed by atoms with Crippen molar-refractivity contribution in [2.75, 3.05) is 0 Å². The Labute approximate surface area is 141 Å². The van der Waals surface area contributed by atoms with E-state index in [1.54, 1.807) is 13.8 Å². The molecular weight excluding hydrogens is 356 g/mol. The Morgan fingerprint density at radius 2 is 1.17 bits per heavy atom. The van der Waals surface area contributed by atoms with Gasteiger partial charge in [0.05, 0.1) is 11.4 Å². The van der Waals surface area contributed by atoms with Gasteiger partial charge in [0.15, 0.2) is 0 Å². The topological polar surface area (TPSA) is 120 Å². The summed E-state index contributed by atoms with van der Waals surface area (Å²) >= 11 is 0. The summed E-state index contributed by atoms with van der Waals surface area (Å²) in [4.78, 5) is 0. The minimum Gasteiger partial charge on any atom is -0.360 e. The van der Waals surface area contributed by atoms with Gasteiger partial charge in [-0.2, -0.15) is 16.8 Å². The summed E-state index contributed by atoms with van der Waals surface area (Å²) in [6, 6.07) is 0. The van der Waals surface area contributed by atoms with Crippen molar-refractivity contribution in [3.8, 4) is 0 Å². The van der Waals surface area contributed by atoms with E-state index in [0.29, 0.717) is 35.7 Å². The van der Waals surface area contributed by atoms with Crippen LogP contribution < -0.4 is 0 Å². The van der Waals surface area contributed by atoms with E-state index >= 15 is 0 Å². The largest absolute Gasteiger partial charge is 0.360 e. The molecule has 0 bridgehead atoms. The molecule has 24 heavy (non-hydrogen) atoms. The van der Waals surface area contributed by atoms with Crippen molar-refractivity contribution in [1.29, 1.82) is 0 Å². The van der Waals surface area contributed by atoms with Crippen LogP contribution >= 0.6 is 0 Å². The zero-order chi connectivity index (χ0) is 17.7. The Morgan fingerprint density at radius 3 is 1.50 bits per heavy atom. The van der Waals surface area contributed by atoms with Crippen molar-refractivity contribution in [2.45, 2.75) is 39.5 Å². The van der Waals surface area contributed by atoms with Crippen LogP contribution in [0.4, 0.5) is 0 Å². The van der Waals surface area contributed by atoms with Gasteiger partial charge in [0.25, 0.3) is 0 Å². The van der Waals surface area contributed by atoms with Gasteiger partial charge >= 0.3 is 0 Å². The first-order valence-electron chi connectivity index (χ1n) is 7.09. The minimum atomic E-state index is -2.26. The fourth-order valence-electron chi connectivity index (χ4n) is 2.37. The lowest BCUT2D eigenvalue weighted by atomic mass is 10.0. The van der Waals surface area contributed by atoms with Crippen molar-refractivity contribution in [2.24, 2.45) is 0 Å². The molecule has 0 aliphatic rings. The Hall–Kier alpha value is -2.20. The van der Waals surface area contributed by atoms with Crippen molar-refractivity contribution >= 4 is 31.3 Å². The van der Waals surface area contributed by atoms with Crippen LogP contribution in [-0.4, -0.2) is 37.9 Å². The predicted molar refractivity (Wildman–Crippen MR) is 87.3 cm³/mol. The predicted octanol–water partition coefficient (Wildman–Crippen LogP) is 0.512. The summed E-state index contributed by atoms with van der Waals surface area (Å²) in [5.41, 5.74) is 3.05. The summed E-state index contributed by atoms with van der Waals surface area (Å²) < 4.78 is 53.0. The van der Waals surface area contributed by atoms with Gasteiger partial charge in [0.2, 0.25) is 20.6 Å². The third-order valence-corrected chi connectivity index (χ3v) is 4.44. The fraction of sp³-hybridized carbons (Fsp3) is 0.429. The molecule has 0 unspecified atom stereocenters. The highest BCUT2D eigenvalue weighted by Crippen LogP contribution is 2.20. The average Bonchev–Trinajstić information content (AvgIpc) is 3.04. The molecule has 0 saturated heterocycles. The van der Waals surface area contributed by atoms with Crippen LogP contribution in [0.1, 0.15) is 34.0 Å². The molecule has 2 rings (SSSR count). The van der Waals surface area contributed by atoms with Crippen molar-refractivity contribution in [1.82, 2.24) is 10.3 Å². The van der Waals surface area contributed by atoms with E-state index in [9.17, 15) is 16.8 Å². The highest BCUT2D eigenvalue weighted by molar-refractivity contribution is 7.71. The Morgan fingerprint density at radius 1 is 0.792 bits per heavy atom. The first-order chi connectivity index (χ1) is 11.4. The molecule has 130 valence electrons. The molecule has 0 spiro atoms. The standard InChI is InChI=1S/C14H16N2O6S2/c1-9-11(13(21-15-9)5-7-23(17)18)3-4-12-10(2)16-22-14(12)6-8-24(19)20/h7-8H,3-6H2,1-2H3. The van der Waals surface area contributed by atoms with E-state index in [1.807, 2.05) is 0 Å². The average molecular weight is 372 g/mol. The van der Waals surface area contributed by atoms with Gasteiger partial charge in [-0.1, -0.05) is 10.3 Å². The van der Waals surface area contributed by atoms with E-state index in [4.69, 9.17) is 9.05 Å². The summed E-state index contributed by atoms with van der Waals surface area (Å²) in [5, 5.41) is 9.97. The molecule has 2 aromatic heterocycles. The first-order valence-corrected chi connectivity index (χ1v) is 9.37. The maximum atomic E-state index is 10.7. The van der Waals surface area contributed by atoms with Crippen LogP contribution in [-0.2, 0) is 46.3 Å². The zero-order valence-electron chi connectivity index (χ0n) is 13.1. The van der Waals surface area contributed by atoms with Gasteiger partial charge in [-0.3, -0.25) is 0 Å². The van der Waals surface area contributed by atoms with E-state index in [-0.39, 0.29) is 12.8 Å². The summed E-state index contributed by atoms with van der Waals surface area (Å²) in [6.45, 7) is 3.57. The molecular formula is C14H16N2O6S2. The zero-order valence-corrected chi connectivity index (χ0v) is 14.8. The van der Waals surface area contributed by atoms with Gasteiger partial charge in [0, 0.05) is 34.7 Å². The molecule has 8 nitrogen and oxygen atoms in total. The highest BCUT2D eigenvalue weighted by Gasteiger charge is 2.16. The number of nitrogens with zero attached hydrogens (tertiary/aromatic N) is 2. The van der Waals surface area contributed by atoms with E-state index in [1.165, 1.54) is 0 Å². The maximum absolute atomic E-state index is 10.7. The molecule has 0 fully saturated rings. The van der Waals surface area contributed by atoms with Crippen molar-refractivity contribution in [3.05, 3.63) is 34.0 Å². The van der Waals surface area contributed by atoms with Gasteiger partial charge < -0.3 is 9.05 Å². The van der Waals surface area contributed by atoms with Gasteiger partial charge in [-0.05, 0) is 26.7 Å². The van der Waals surface area contributed by atoms with E-state index in [0.717, 1.165) is 21.9 Å². The number of aryl methyl sites for hydroxylation is 2. The Balaban J connectivity index is 2.20. The number of rotatable bonds is 7. The van der Waals surface area contributed by atoms with E-state index < -0.39 is 20.6 Å². The monoisotopic (exact) mass is 372 g/mol. The lowest BCUT2D eigenvalue weighted by Gasteiger charge is -2.02. The molecule has 0 aliphatic carbocycles. The summed E-state index contributed by atoms with van der Waals surface area (Å²) in [7, 11) is -4.53. The second kappa shape index (κ2) is 8.06. The van der Waals surface area contributed by atoms with Crippen molar-refractivity contribution < 1.29 is 25.9 Å². The second-order valence-electron chi connectivity index (χ2n) is 5.10. The van der Waals surface area contributed by atoms with Crippen LogP contribution in [0, 0.1) is 13.8 Å². The molecule has 0 aromatic carbocycles. The molecule has 2 aromatic rings. The summed E-state index contributed by atoms with van der Waals surface area (Å²) in [6.07, 6.45) is 1.40. The fourth-order valence-corrected chi connectivity index (χ4v) is 2.94. The number of hydrogen-bond donors (Lipinski definition) is 0. The third-order valence-electron chi connectivity index (χ3n) is 3.57. The van der Waals surface area contributed by atoms with Crippen LogP contribution in [0.15, 0.2) is 9.05 Å². The lowest BCUT2D eigenvalue weighted by Crippen LogP contribution is -2.00. The van der Waals surface area contributed by atoms with Crippen LogP contribution in [0.5, 0.6) is 0 Å². The quantitative estimate of drug-likeness (QED) is 0.645. The smallest absolute Gasteiger partial charge is 0.210 e. The lowest BCUT2D eigenvalue weighted by molar-refractivity contribution is 0.387. The molecule has 0 N–H and O–H groups in total. The maximum Gasteiger partial charge on any atom is 0.210 e. The normalized spacial score (nSPS) is 10.6. The molecule has 0 radical (unpaired) electrons. The molecule has 10 heteroatoms. The highest BCUT2D eigenvalue weighted by atomic mass is 32.2. The van der Waals surface area contributed by atoms with Crippen LogP contribution in [0.2, 0.25) is 0 Å². The van der Waals surface area contributed by atoms with Gasteiger partial charge in [-0.15, -0.1) is 0 Å². The SMILES string of the molecule is Cc1noc(CC=S(=O)=O)c1CCc1c(C)noc1CC=S(=O)=O. The molecule has 0 saturated carbocycles. The van der Waals surface area contributed by atoms with Crippen LogP contribution in [0.25, 0.3) is 0 Å². The van der Waals surface area contributed by atoms with Gasteiger partial charge in [-0.25, -0.2) is 0 Å². The molecule has 0 aliphatic heterocycles. The van der Waals surface area contributed by atoms with Crippen LogP contribution in [0.3, 0.4) is 0 Å². The number of aromatic nitrogens is 2. The minimum absolute atomic E-state index is 0.144. The van der Waals surface area contributed by atoms with E-state index in [2.05, 4.69) is 10.3 Å². The number of hydrogen-bond acceptors (Lipinski definition) is 8. The first kappa shape index (κ1) is 18.1. The molecule has 0 amide bonds.